The lowest BCUT2D eigenvalue weighted by atomic mass is 10.2. The van der Waals surface area contributed by atoms with E-state index in [9.17, 15) is 18.0 Å². The van der Waals surface area contributed by atoms with Gasteiger partial charge in [0.25, 0.3) is 0 Å². The fourth-order valence-electron chi connectivity index (χ4n) is 3.29. The van der Waals surface area contributed by atoms with E-state index in [0.29, 0.717) is 5.69 Å². The monoisotopic (exact) mass is 501 g/mol. The van der Waals surface area contributed by atoms with Crippen LogP contribution in [0.15, 0.2) is 41.2 Å². The number of anilines is 2. The number of hydrogen-bond donors (Lipinski definition) is 1. The maximum Gasteiger partial charge on any atom is 0.308 e. The average Bonchev–Trinajstić information content (AvgIpc) is 2.98. The summed E-state index contributed by atoms with van der Waals surface area (Å²) in [7, 11) is -3.85. The van der Waals surface area contributed by atoms with Crippen LogP contribution in [0, 0.1) is 0 Å². The zero-order chi connectivity index (χ0) is 23.1. The smallest absolute Gasteiger partial charge is 0.308 e. The van der Waals surface area contributed by atoms with Crippen molar-refractivity contribution in [3.05, 3.63) is 56.1 Å². The number of nitrogens with zero attached hydrogens (tertiary/aromatic N) is 2. The Bertz CT molecular complexity index is 1320. The Balaban J connectivity index is 1.94. The van der Waals surface area contributed by atoms with E-state index < -0.39 is 22.0 Å². The molecular weight excluding hydrogens is 481 g/mol. The second-order valence-corrected chi connectivity index (χ2v) is 11.0. The van der Waals surface area contributed by atoms with Crippen LogP contribution in [0.2, 0.25) is 10.0 Å². The third-order valence-corrected chi connectivity index (χ3v) is 7.33. The molecule has 1 atom stereocenters. The van der Waals surface area contributed by atoms with Gasteiger partial charge in [0, 0.05) is 16.8 Å². The number of fused-ring (bicyclic) bond motifs is 1. The number of aromatic nitrogens is 1. The quantitative estimate of drug-likeness (QED) is 0.527. The maximum atomic E-state index is 12.9. The van der Waals surface area contributed by atoms with Crippen LogP contribution in [0.1, 0.15) is 26.8 Å². The Morgan fingerprint density at radius 3 is 2.42 bits per heavy atom. The second-order valence-electron chi connectivity index (χ2n) is 7.33. The molecule has 1 heterocycles. The van der Waals surface area contributed by atoms with E-state index in [1.165, 1.54) is 25.1 Å². The molecule has 3 aromatic rings. The molecule has 0 aliphatic carbocycles. The van der Waals surface area contributed by atoms with Crippen LogP contribution in [0.25, 0.3) is 10.2 Å². The molecule has 31 heavy (non-hydrogen) atoms. The highest BCUT2D eigenvalue weighted by molar-refractivity contribution is 7.92. The van der Waals surface area contributed by atoms with Crippen molar-refractivity contribution in [3.8, 4) is 0 Å². The summed E-state index contributed by atoms with van der Waals surface area (Å²) < 4.78 is 28.3. The minimum absolute atomic E-state index is 0.00692. The normalized spacial score (nSPS) is 12.9. The standard InChI is InChI=1S/C20H21Cl2N3O4S2/c1-11(2)24-16-8-6-14(10-18(16)30-20(24)27)23-19(26)12(3)25(31(4,28)29)17-9-13(21)5-7-15(17)22/h5-12H,1-4H3,(H,23,26). The van der Waals surface area contributed by atoms with E-state index in [1.807, 2.05) is 13.8 Å². The van der Waals surface area contributed by atoms with Gasteiger partial charge in [-0.05, 0) is 57.2 Å². The number of sulfonamides is 1. The van der Waals surface area contributed by atoms with Crippen LogP contribution >= 0.6 is 34.5 Å². The number of amides is 1. The first-order chi connectivity index (χ1) is 14.4. The highest BCUT2D eigenvalue weighted by Gasteiger charge is 2.31. The minimum Gasteiger partial charge on any atom is -0.324 e. The minimum atomic E-state index is -3.85. The fraction of sp³-hybridized carbons (Fsp3) is 0.300. The first-order valence-electron chi connectivity index (χ1n) is 9.30. The molecule has 0 aliphatic heterocycles. The average molecular weight is 502 g/mol. The highest BCUT2D eigenvalue weighted by atomic mass is 35.5. The van der Waals surface area contributed by atoms with Crippen LogP contribution < -0.4 is 14.5 Å². The molecule has 3 rings (SSSR count). The molecule has 11 heteroatoms. The maximum absolute atomic E-state index is 12.9. The zero-order valence-corrected chi connectivity index (χ0v) is 20.4. The van der Waals surface area contributed by atoms with Gasteiger partial charge in [-0.25, -0.2) is 8.42 Å². The summed E-state index contributed by atoms with van der Waals surface area (Å²) in [6, 6.07) is 8.42. The van der Waals surface area contributed by atoms with Gasteiger partial charge in [0.2, 0.25) is 15.9 Å². The third-order valence-electron chi connectivity index (χ3n) is 4.63. The van der Waals surface area contributed by atoms with Gasteiger partial charge in [0.05, 0.1) is 27.2 Å². The predicted molar refractivity (Wildman–Crippen MR) is 128 cm³/mol. The van der Waals surface area contributed by atoms with Crippen molar-refractivity contribution in [3.63, 3.8) is 0 Å². The summed E-state index contributed by atoms with van der Waals surface area (Å²) in [6.45, 7) is 5.30. The van der Waals surface area contributed by atoms with E-state index in [1.54, 1.807) is 22.8 Å². The van der Waals surface area contributed by atoms with E-state index in [-0.39, 0.29) is 26.6 Å². The lowest BCUT2D eigenvalue weighted by Crippen LogP contribution is -2.45. The summed E-state index contributed by atoms with van der Waals surface area (Å²) >= 11 is 13.3. The molecule has 0 aliphatic rings. The summed E-state index contributed by atoms with van der Waals surface area (Å²) in [6.07, 6.45) is 0.992. The molecule has 0 saturated carbocycles. The number of thiazole rings is 1. The summed E-state index contributed by atoms with van der Waals surface area (Å²) in [5.74, 6) is -0.559. The molecule has 1 unspecified atom stereocenters. The molecule has 166 valence electrons. The van der Waals surface area contributed by atoms with Crippen molar-refractivity contribution >= 4 is 72.1 Å². The molecule has 0 spiro atoms. The number of carbonyl (C=O) groups is 1. The van der Waals surface area contributed by atoms with Crippen molar-refractivity contribution < 1.29 is 13.2 Å². The van der Waals surface area contributed by atoms with Gasteiger partial charge in [-0.2, -0.15) is 0 Å². The molecule has 1 N–H and O–H groups in total. The van der Waals surface area contributed by atoms with Crippen LogP contribution in [0.4, 0.5) is 11.4 Å². The van der Waals surface area contributed by atoms with Gasteiger partial charge in [-0.3, -0.25) is 18.5 Å². The van der Waals surface area contributed by atoms with Crippen LogP contribution in [0.5, 0.6) is 0 Å². The van der Waals surface area contributed by atoms with Gasteiger partial charge in [0.1, 0.15) is 6.04 Å². The van der Waals surface area contributed by atoms with Crippen molar-refractivity contribution in [2.75, 3.05) is 15.9 Å². The van der Waals surface area contributed by atoms with Crippen LogP contribution in [-0.2, 0) is 14.8 Å². The highest BCUT2D eigenvalue weighted by Crippen LogP contribution is 2.32. The Morgan fingerprint density at radius 2 is 1.81 bits per heavy atom. The van der Waals surface area contributed by atoms with E-state index in [2.05, 4.69) is 5.32 Å². The van der Waals surface area contributed by atoms with Gasteiger partial charge >= 0.3 is 4.87 Å². The summed E-state index contributed by atoms with van der Waals surface area (Å²) in [5.41, 5.74) is 1.34. The van der Waals surface area contributed by atoms with Gasteiger partial charge in [-0.15, -0.1) is 0 Å². The first-order valence-corrected chi connectivity index (χ1v) is 12.7. The number of benzene rings is 2. The predicted octanol–water partition coefficient (Wildman–Crippen LogP) is 4.74. The van der Waals surface area contributed by atoms with E-state index in [0.717, 1.165) is 32.1 Å². The van der Waals surface area contributed by atoms with Gasteiger partial charge < -0.3 is 5.32 Å². The Kier molecular flexibility index (Phi) is 6.71. The number of rotatable bonds is 6. The third kappa shape index (κ3) is 4.90. The number of nitrogens with one attached hydrogen (secondary N) is 1. The Labute approximate surface area is 194 Å². The van der Waals surface area contributed by atoms with E-state index >= 15 is 0 Å². The molecule has 1 aromatic heterocycles. The SMILES string of the molecule is CC(C(=O)Nc1ccc2c(c1)sc(=O)n2C(C)C)N(c1cc(Cl)ccc1Cl)S(C)(=O)=O. The van der Waals surface area contributed by atoms with Crippen molar-refractivity contribution in [2.45, 2.75) is 32.9 Å². The van der Waals surface area contributed by atoms with E-state index in [4.69, 9.17) is 23.2 Å². The molecule has 2 aromatic carbocycles. The Morgan fingerprint density at radius 1 is 1.13 bits per heavy atom. The molecule has 0 bridgehead atoms. The molecule has 1 amide bonds. The lowest BCUT2D eigenvalue weighted by molar-refractivity contribution is -0.116. The van der Waals surface area contributed by atoms with Gasteiger partial charge in [0.15, 0.2) is 0 Å². The topological polar surface area (TPSA) is 88.5 Å². The molecular formula is C20H21Cl2N3O4S2. The number of carbonyl (C=O) groups excluding carboxylic acids is 1. The largest absolute Gasteiger partial charge is 0.324 e. The number of hydrogen-bond acceptors (Lipinski definition) is 5. The molecule has 0 fully saturated rings. The Hall–Kier alpha value is -2.07. The van der Waals surface area contributed by atoms with Crippen molar-refractivity contribution in [1.29, 1.82) is 0 Å². The molecule has 0 saturated heterocycles. The second kappa shape index (κ2) is 8.82. The molecule has 0 radical (unpaired) electrons. The fourth-order valence-corrected chi connectivity index (χ4v) is 5.94. The first kappa shape index (κ1) is 23.6. The van der Waals surface area contributed by atoms with Crippen molar-refractivity contribution in [1.82, 2.24) is 4.57 Å². The summed E-state index contributed by atoms with van der Waals surface area (Å²) in [5, 5.41) is 3.16. The van der Waals surface area contributed by atoms with Crippen LogP contribution in [0.3, 0.4) is 0 Å². The summed E-state index contributed by atoms with van der Waals surface area (Å²) in [4.78, 5) is 25.1. The van der Waals surface area contributed by atoms with Gasteiger partial charge in [-0.1, -0.05) is 34.5 Å². The molecule has 7 nitrogen and oxygen atoms in total. The lowest BCUT2D eigenvalue weighted by Gasteiger charge is -2.29. The number of halogens is 2. The zero-order valence-electron chi connectivity index (χ0n) is 17.2. The van der Waals surface area contributed by atoms with Crippen LogP contribution in [-0.4, -0.2) is 31.2 Å². The van der Waals surface area contributed by atoms with Crippen molar-refractivity contribution in [2.24, 2.45) is 0 Å².